The fourth-order valence-electron chi connectivity index (χ4n) is 3.19. The summed E-state index contributed by atoms with van der Waals surface area (Å²) in [6, 6.07) is 18.6. The number of anilines is 1. The van der Waals surface area contributed by atoms with E-state index in [1.165, 1.54) is 0 Å². The highest BCUT2D eigenvalue weighted by molar-refractivity contribution is 6.08. The monoisotopic (exact) mass is 414 g/mol. The number of methoxy groups -OCH3 is 1. The van der Waals surface area contributed by atoms with Gasteiger partial charge in [-0.25, -0.2) is 4.68 Å². The Bertz CT molecular complexity index is 1170. The van der Waals surface area contributed by atoms with Gasteiger partial charge in [-0.2, -0.15) is 5.10 Å². The molecule has 2 heterocycles. The van der Waals surface area contributed by atoms with Crippen molar-refractivity contribution < 1.29 is 14.3 Å². The van der Waals surface area contributed by atoms with Crippen molar-refractivity contribution in [2.24, 2.45) is 0 Å². The van der Waals surface area contributed by atoms with Gasteiger partial charge in [0, 0.05) is 35.9 Å². The third kappa shape index (κ3) is 4.40. The van der Waals surface area contributed by atoms with Crippen LogP contribution < -0.4 is 14.8 Å². The number of ether oxygens (including phenoxy) is 2. The summed E-state index contributed by atoms with van der Waals surface area (Å²) in [6.45, 7) is 2.43. The maximum Gasteiger partial charge on any atom is 0.259 e. The van der Waals surface area contributed by atoms with Gasteiger partial charge in [0.05, 0.1) is 25.0 Å². The number of pyridine rings is 1. The molecule has 31 heavy (non-hydrogen) atoms. The molecule has 7 nitrogen and oxygen atoms in total. The number of hydrogen-bond acceptors (Lipinski definition) is 5. The van der Waals surface area contributed by atoms with Gasteiger partial charge in [-0.05, 0) is 43.3 Å². The Morgan fingerprint density at radius 2 is 1.90 bits per heavy atom. The number of aromatic nitrogens is 3. The van der Waals surface area contributed by atoms with Crippen molar-refractivity contribution in [2.45, 2.75) is 6.92 Å². The number of hydrogen-bond donors (Lipinski definition) is 1. The number of carbonyl (C=O) groups is 1. The summed E-state index contributed by atoms with van der Waals surface area (Å²) in [5.74, 6) is 0.885. The number of para-hydroxylation sites is 1. The summed E-state index contributed by atoms with van der Waals surface area (Å²) in [5, 5.41) is 7.59. The lowest BCUT2D eigenvalue weighted by Gasteiger charge is -2.11. The summed E-state index contributed by atoms with van der Waals surface area (Å²) in [7, 11) is 1.56. The van der Waals surface area contributed by atoms with Crippen LogP contribution in [0.15, 0.2) is 79.3 Å². The summed E-state index contributed by atoms with van der Waals surface area (Å²) >= 11 is 0. The zero-order valence-corrected chi connectivity index (χ0v) is 17.3. The summed E-state index contributed by atoms with van der Waals surface area (Å²) in [6.07, 6.45) is 5.09. The number of rotatable bonds is 7. The van der Waals surface area contributed by atoms with Crippen molar-refractivity contribution in [3.63, 3.8) is 0 Å². The Balaban J connectivity index is 1.69. The number of carbonyl (C=O) groups excluding carboxylic acids is 1. The zero-order chi connectivity index (χ0) is 21.6. The van der Waals surface area contributed by atoms with E-state index in [0.29, 0.717) is 35.1 Å². The Morgan fingerprint density at radius 3 is 2.61 bits per heavy atom. The van der Waals surface area contributed by atoms with Gasteiger partial charge in [-0.3, -0.25) is 9.78 Å². The topological polar surface area (TPSA) is 78.3 Å². The lowest BCUT2D eigenvalue weighted by molar-refractivity contribution is 0.102. The number of nitrogens with zero attached hydrogens (tertiary/aromatic N) is 3. The third-order valence-corrected chi connectivity index (χ3v) is 4.64. The minimum absolute atomic E-state index is 0.285. The molecule has 0 aliphatic rings. The Hall–Kier alpha value is -4.13. The maximum atomic E-state index is 13.2. The Labute approximate surface area is 180 Å². The Kier molecular flexibility index (Phi) is 5.93. The van der Waals surface area contributed by atoms with Crippen molar-refractivity contribution in [3.8, 4) is 28.4 Å². The van der Waals surface area contributed by atoms with Gasteiger partial charge in [0.15, 0.2) is 11.5 Å². The molecule has 0 saturated heterocycles. The molecule has 0 fully saturated rings. The van der Waals surface area contributed by atoms with Crippen LogP contribution in [0.3, 0.4) is 0 Å². The SMILES string of the molecule is CCOc1ccc(NC(=O)c2cn(-c3ccccc3)nc2-c2cccnc2)cc1OC. The van der Waals surface area contributed by atoms with Gasteiger partial charge >= 0.3 is 0 Å². The van der Waals surface area contributed by atoms with Crippen LogP contribution in [0.2, 0.25) is 0 Å². The van der Waals surface area contributed by atoms with E-state index >= 15 is 0 Å². The average molecular weight is 414 g/mol. The van der Waals surface area contributed by atoms with E-state index in [1.54, 1.807) is 48.6 Å². The average Bonchev–Trinajstić information content (AvgIpc) is 3.27. The van der Waals surface area contributed by atoms with Crippen LogP contribution in [-0.4, -0.2) is 34.4 Å². The molecule has 1 N–H and O–H groups in total. The van der Waals surface area contributed by atoms with Gasteiger partial charge in [-0.15, -0.1) is 0 Å². The van der Waals surface area contributed by atoms with Crippen LogP contribution in [0.5, 0.6) is 11.5 Å². The second kappa shape index (κ2) is 9.13. The normalized spacial score (nSPS) is 10.5. The molecule has 4 rings (SSSR count). The van der Waals surface area contributed by atoms with E-state index in [2.05, 4.69) is 15.4 Å². The summed E-state index contributed by atoms with van der Waals surface area (Å²) in [4.78, 5) is 17.4. The standard InChI is InChI=1S/C24H22N4O3/c1-3-31-21-12-11-18(14-22(21)30-2)26-24(29)20-16-28(19-9-5-4-6-10-19)27-23(20)17-8-7-13-25-15-17/h4-16H,3H2,1-2H3,(H,26,29). The van der Waals surface area contributed by atoms with Crippen molar-refractivity contribution in [1.29, 1.82) is 0 Å². The second-order valence-electron chi connectivity index (χ2n) is 6.67. The second-order valence-corrected chi connectivity index (χ2v) is 6.67. The van der Waals surface area contributed by atoms with E-state index in [0.717, 1.165) is 11.3 Å². The highest BCUT2D eigenvalue weighted by Crippen LogP contribution is 2.31. The molecule has 2 aromatic heterocycles. The lowest BCUT2D eigenvalue weighted by atomic mass is 10.1. The molecule has 0 bridgehead atoms. The minimum atomic E-state index is -0.285. The van der Waals surface area contributed by atoms with Crippen LogP contribution in [0.1, 0.15) is 17.3 Å². The van der Waals surface area contributed by atoms with E-state index in [9.17, 15) is 4.79 Å². The van der Waals surface area contributed by atoms with E-state index in [4.69, 9.17) is 9.47 Å². The quantitative estimate of drug-likeness (QED) is 0.478. The van der Waals surface area contributed by atoms with Gasteiger partial charge in [0.2, 0.25) is 0 Å². The molecule has 0 atom stereocenters. The van der Waals surface area contributed by atoms with Gasteiger partial charge in [0.25, 0.3) is 5.91 Å². The molecule has 0 aliphatic carbocycles. The Morgan fingerprint density at radius 1 is 1.06 bits per heavy atom. The first-order valence-electron chi connectivity index (χ1n) is 9.87. The fraction of sp³-hybridized carbons (Fsp3) is 0.125. The molecule has 0 aliphatic heterocycles. The first kappa shape index (κ1) is 20.2. The van der Waals surface area contributed by atoms with Gasteiger partial charge in [-0.1, -0.05) is 18.2 Å². The van der Waals surface area contributed by atoms with E-state index in [1.807, 2.05) is 49.4 Å². The molecule has 0 spiro atoms. The predicted octanol–water partition coefficient (Wildman–Crippen LogP) is 4.59. The number of amides is 1. The first-order valence-corrected chi connectivity index (χ1v) is 9.87. The summed E-state index contributed by atoms with van der Waals surface area (Å²) < 4.78 is 12.6. The fourth-order valence-corrected chi connectivity index (χ4v) is 3.19. The van der Waals surface area contributed by atoms with E-state index < -0.39 is 0 Å². The molecular weight excluding hydrogens is 392 g/mol. The molecule has 0 saturated carbocycles. The molecular formula is C24H22N4O3. The van der Waals surface area contributed by atoms with Gasteiger partial charge < -0.3 is 14.8 Å². The van der Waals surface area contributed by atoms with Crippen LogP contribution in [0.4, 0.5) is 5.69 Å². The number of benzene rings is 2. The van der Waals surface area contributed by atoms with Crippen molar-refractivity contribution in [2.75, 3.05) is 19.0 Å². The van der Waals surface area contributed by atoms with Crippen LogP contribution in [0, 0.1) is 0 Å². The van der Waals surface area contributed by atoms with E-state index in [-0.39, 0.29) is 5.91 Å². The zero-order valence-electron chi connectivity index (χ0n) is 17.3. The molecule has 0 radical (unpaired) electrons. The predicted molar refractivity (Wildman–Crippen MR) is 119 cm³/mol. The van der Waals surface area contributed by atoms with Crippen LogP contribution >= 0.6 is 0 Å². The molecule has 156 valence electrons. The largest absolute Gasteiger partial charge is 0.493 e. The highest BCUT2D eigenvalue weighted by Gasteiger charge is 2.19. The highest BCUT2D eigenvalue weighted by atomic mass is 16.5. The maximum absolute atomic E-state index is 13.2. The third-order valence-electron chi connectivity index (χ3n) is 4.64. The molecule has 7 heteroatoms. The summed E-state index contributed by atoms with van der Waals surface area (Å²) in [5.41, 5.74) is 3.19. The lowest BCUT2D eigenvalue weighted by Crippen LogP contribution is -2.12. The van der Waals surface area contributed by atoms with Crippen LogP contribution in [-0.2, 0) is 0 Å². The molecule has 2 aromatic carbocycles. The minimum Gasteiger partial charge on any atom is -0.493 e. The van der Waals surface area contributed by atoms with Crippen molar-refractivity contribution in [1.82, 2.24) is 14.8 Å². The molecule has 4 aromatic rings. The molecule has 1 amide bonds. The van der Waals surface area contributed by atoms with Gasteiger partial charge in [0.1, 0.15) is 5.69 Å². The molecule has 0 unspecified atom stereocenters. The van der Waals surface area contributed by atoms with Crippen LogP contribution in [0.25, 0.3) is 16.9 Å². The van der Waals surface area contributed by atoms with Crippen molar-refractivity contribution in [3.05, 3.63) is 84.8 Å². The number of nitrogens with one attached hydrogen (secondary N) is 1. The smallest absolute Gasteiger partial charge is 0.259 e. The first-order chi connectivity index (χ1) is 15.2. The van der Waals surface area contributed by atoms with Crippen molar-refractivity contribution >= 4 is 11.6 Å².